The number of aryl methyl sites for hydroxylation is 1. The summed E-state index contributed by atoms with van der Waals surface area (Å²) in [6.45, 7) is 3.32. The number of rotatable bonds is 6. The molecule has 49 heavy (non-hydrogen) atoms. The van der Waals surface area contributed by atoms with Gasteiger partial charge in [0, 0.05) is 50.1 Å². The maximum atomic E-state index is 13.3. The van der Waals surface area contributed by atoms with Gasteiger partial charge in [-0.3, -0.25) is 14.4 Å². The monoisotopic (exact) mass is 696 g/mol. The molecule has 0 unspecified atom stereocenters. The number of benzene rings is 2. The van der Waals surface area contributed by atoms with Crippen LogP contribution in [0.3, 0.4) is 0 Å². The van der Waals surface area contributed by atoms with E-state index in [1.54, 1.807) is 40.8 Å². The van der Waals surface area contributed by atoms with Gasteiger partial charge in [-0.1, -0.05) is 42.3 Å². The molecule has 0 atom stereocenters. The molecule has 1 fully saturated rings. The molecule has 0 saturated carbocycles. The molecule has 254 valence electrons. The van der Waals surface area contributed by atoms with Gasteiger partial charge in [-0.05, 0) is 41.8 Å². The van der Waals surface area contributed by atoms with Crippen molar-refractivity contribution in [3.63, 3.8) is 0 Å². The van der Waals surface area contributed by atoms with Crippen molar-refractivity contribution in [1.82, 2.24) is 19.8 Å². The molecule has 1 aliphatic heterocycles. The van der Waals surface area contributed by atoms with Crippen molar-refractivity contribution in [2.24, 2.45) is 7.05 Å². The highest BCUT2D eigenvalue weighted by atomic mass is 35.5. The number of alkyl halides is 3. The Morgan fingerprint density at radius 1 is 1.10 bits per heavy atom. The summed E-state index contributed by atoms with van der Waals surface area (Å²) in [6, 6.07) is 10.6. The third kappa shape index (κ3) is 7.85. The molecule has 4 aromatic rings. The quantitative estimate of drug-likeness (QED) is 0.140. The number of amides is 3. The van der Waals surface area contributed by atoms with Gasteiger partial charge < -0.3 is 30.6 Å². The van der Waals surface area contributed by atoms with E-state index < -0.39 is 30.4 Å². The highest BCUT2D eigenvalue weighted by Gasteiger charge is 2.29. The average molecular weight is 697 g/mol. The number of hydrogen-bond donors (Lipinski definition) is 3. The molecule has 0 bridgehead atoms. The molecular formula is C34H29ClF4N6O4. The Labute approximate surface area is 282 Å². The van der Waals surface area contributed by atoms with E-state index in [4.69, 9.17) is 22.1 Å². The Kier molecular flexibility index (Phi) is 10.3. The van der Waals surface area contributed by atoms with E-state index in [1.165, 1.54) is 24.4 Å². The Bertz CT molecular complexity index is 2020. The van der Waals surface area contributed by atoms with Crippen LogP contribution >= 0.6 is 11.6 Å². The number of ether oxygens (including phenoxy) is 1. The first-order valence-electron chi connectivity index (χ1n) is 14.8. The molecule has 0 aliphatic carbocycles. The van der Waals surface area contributed by atoms with E-state index in [0.717, 1.165) is 0 Å². The highest BCUT2D eigenvalue weighted by Crippen LogP contribution is 2.44. The molecule has 0 spiro atoms. The SMILES string of the molecule is C=C(F)C(=O)Nc1ccc(-c2c(-c3ccc(C(=O)NCC(F)(F)F)c(Cl)c3)c3c(N)ncc(C#CC(=O)N4CCCOCC4)c3n2C)cc1. The maximum absolute atomic E-state index is 13.3. The fourth-order valence-corrected chi connectivity index (χ4v) is 5.68. The summed E-state index contributed by atoms with van der Waals surface area (Å²) in [7, 11) is 1.74. The summed E-state index contributed by atoms with van der Waals surface area (Å²) in [5.41, 5.74) is 9.51. The molecular weight excluding hydrogens is 668 g/mol. The first-order valence-corrected chi connectivity index (χ1v) is 15.2. The number of halogens is 5. The van der Waals surface area contributed by atoms with Crippen LogP contribution in [0.2, 0.25) is 5.02 Å². The fraction of sp³-hybridized carbons (Fsp3) is 0.235. The second-order valence-electron chi connectivity index (χ2n) is 11.0. The zero-order valence-electron chi connectivity index (χ0n) is 26.0. The van der Waals surface area contributed by atoms with Gasteiger partial charge in [0.2, 0.25) is 0 Å². The number of carbonyl (C=O) groups excluding carboxylic acids is 3. The van der Waals surface area contributed by atoms with Crippen molar-refractivity contribution in [2.45, 2.75) is 12.6 Å². The summed E-state index contributed by atoms with van der Waals surface area (Å²) in [5, 5.41) is 4.50. The Morgan fingerprint density at radius 2 is 1.82 bits per heavy atom. The van der Waals surface area contributed by atoms with Crippen LogP contribution in [0, 0.1) is 11.8 Å². The molecule has 3 amide bonds. The van der Waals surface area contributed by atoms with Gasteiger partial charge in [0.05, 0.1) is 39.4 Å². The summed E-state index contributed by atoms with van der Waals surface area (Å²) in [5.74, 6) is 2.17. The van der Waals surface area contributed by atoms with E-state index >= 15 is 0 Å². The third-order valence-corrected chi connectivity index (χ3v) is 7.98. The van der Waals surface area contributed by atoms with E-state index in [0.29, 0.717) is 71.6 Å². The van der Waals surface area contributed by atoms with Crippen molar-refractivity contribution in [3.8, 4) is 34.2 Å². The van der Waals surface area contributed by atoms with Gasteiger partial charge in [-0.2, -0.15) is 13.2 Å². The van der Waals surface area contributed by atoms with Crippen LogP contribution in [-0.4, -0.2) is 71.2 Å². The van der Waals surface area contributed by atoms with Crippen LogP contribution in [0.15, 0.2) is 61.1 Å². The zero-order chi connectivity index (χ0) is 35.5. The van der Waals surface area contributed by atoms with Gasteiger partial charge in [-0.15, -0.1) is 0 Å². The smallest absolute Gasteiger partial charge is 0.383 e. The average Bonchev–Trinajstić information content (AvgIpc) is 3.18. The zero-order valence-corrected chi connectivity index (χ0v) is 26.8. The number of anilines is 2. The van der Waals surface area contributed by atoms with Crippen molar-refractivity contribution in [2.75, 3.05) is 43.9 Å². The summed E-state index contributed by atoms with van der Waals surface area (Å²) in [4.78, 5) is 43.3. The number of aromatic nitrogens is 2. The van der Waals surface area contributed by atoms with Crippen LogP contribution in [0.5, 0.6) is 0 Å². The molecule has 5 rings (SSSR count). The second kappa shape index (κ2) is 14.4. The molecule has 3 heterocycles. The first-order chi connectivity index (χ1) is 23.2. The topological polar surface area (TPSA) is 132 Å². The number of carbonyl (C=O) groups is 3. The Balaban J connectivity index is 1.66. The lowest BCUT2D eigenvalue weighted by Gasteiger charge is -2.15. The lowest BCUT2D eigenvalue weighted by Crippen LogP contribution is -2.33. The molecule has 0 radical (unpaired) electrons. The minimum absolute atomic E-state index is 0.0989. The number of hydrogen-bond acceptors (Lipinski definition) is 6. The normalized spacial score (nSPS) is 13.3. The molecule has 10 nitrogen and oxygen atoms in total. The van der Waals surface area contributed by atoms with E-state index in [2.05, 4.69) is 28.7 Å². The molecule has 1 aliphatic rings. The number of nitrogen functional groups attached to an aromatic ring is 1. The molecule has 1 saturated heterocycles. The number of pyridine rings is 1. The standard InChI is InChI=1S/C34H29ClF4N6O4/c1-19(36)32(47)43-23-8-4-20(5-9-23)29-27(21-6-10-24(25(35)16-21)33(48)42-18-34(37,38)39)28-30(44(29)2)22(17-41-31(28)40)7-11-26(46)45-12-3-14-49-15-13-45/h4-6,8-10,16-17H,1,3,12-15,18H2,2H3,(H2,40,41)(H,42,48)(H,43,47). The molecule has 4 N–H and O–H groups in total. The van der Waals surface area contributed by atoms with Crippen LogP contribution in [0.4, 0.5) is 29.1 Å². The Hall–Kier alpha value is -5.39. The Morgan fingerprint density at radius 3 is 2.49 bits per heavy atom. The van der Waals surface area contributed by atoms with Crippen LogP contribution in [0.25, 0.3) is 33.3 Å². The molecule has 2 aromatic carbocycles. The number of fused-ring (bicyclic) bond motifs is 1. The van der Waals surface area contributed by atoms with Gasteiger partial charge in [0.15, 0.2) is 5.83 Å². The van der Waals surface area contributed by atoms with Gasteiger partial charge >= 0.3 is 6.18 Å². The maximum Gasteiger partial charge on any atom is 0.405 e. The van der Waals surface area contributed by atoms with E-state index in [-0.39, 0.29) is 28.0 Å². The van der Waals surface area contributed by atoms with Crippen LogP contribution < -0.4 is 16.4 Å². The van der Waals surface area contributed by atoms with Crippen molar-refractivity contribution >= 4 is 51.7 Å². The fourth-order valence-electron chi connectivity index (χ4n) is 5.41. The summed E-state index contributed by atoms with van der Waals surface area (Å²) in [6.07, 6.45) is -2.49. The summed E-state index contributed by atoms with van der Waals surface area (Å²) < 4.78 is 58.7. The number of nitrogens with one attached hydrogen (secondary N) is 2. The van der Waals surface area contributed by atoms with Gasteiger partial charge in [-0.25, -0.2) is 9.37 Å². The minimum atomic E-state index is -4.62. The summed E-state index contributed by atoms with van der Waals surface area (Å²) >= 11 is 6.47. The lowest BCUT2D eigenvalue weighted by molar-refractivity contribution is -0.125. The third-order valence-electron chi connectivity index (χ3n) is 7.67. The molecule has 2 aromatic heterocycles. The van der Waals surface area contributed by atoms with Gasteiger partial charge in [0.1, 0.15) is 12.4 Å². The number of nitrogens with two attached hydrogens (primary N) is 1. The first kappa shape index (κ1) is 34.9. The predicted octanol–water partition coefficient (Wildman–Crippen LogP) is 5.46. The van der Waals surface area contributed by atoms with E-state index in [9.17, 15) is 31.9 Å². The van der Waals surface area contributed by atoms with Crippen LogP contribution in [0.1, 0.15) is 22.3 Å². The van der Waals surface area contributed by atoms with Gasteiger partial charge in [0.25, 0.3) is 17.7 Å². The van der Waals surface area contributed by atoms with Crippen molar-refractivity contribution in [3.05, 3.63) is 77.2 Å². The number of nitrogens with zero attached hydrogens (tertiary/aromatic N) is 3. The molecule has 15 heteroatoms. The van der Waals surface area contributed by atoms with Crippen molar-refractivity contribution in [1.29, 1.82) is 0 Å². The minimum Gasteiger partial charge on any atom is -0.383 e. The second-order valence-corrected chi connectivity index (χ2v) is 11.4. The van der Waals surface area contributed by atoms with E-state index in [1.807, 2.05) is 5.32 Å². The highest BCUT2D eigenvalue weighted by molar-refractivity contribution is 6.34. The van der Waals surface area contributed by atoms with Crippen molar-refractivity contribution < 1.29 is 36.7 Å². The predicted molar refractivity (Wildman–Crippen MR) is 177 cm³/mol. The largest absolute Gasteiger partial charge is 0.405 e. The lowest BCUT2D eigenvalue weighted by atomic mass is 9.96. The van der Waals surface area contributed by atoms with Crippen LogP contribution in [-0.2, 0) is 21.4 Å².